The van der Waals surface area contributed by atoms with Crippen molar-refractivity contribution in [1.82, 2.24) is 10.2 Å². The number of nitrogens with one attached hydrogen (secondary N) is 1. The summed E-state index contributed by atoms with van der Waals surface area (Å²) in [6.45, 7) is 9.57. The van der Waals surface area contributed by atoms with Gasteiger partial charge in [-0.3, -0.25) is 9.69 Å². The molecule has 1 fully saturated rings. The molecular formula is C24H27ClN2O3. The van der Waals surface area contributed by atoms with E-state index in [0.29, 0.717) is 30.5 Å². The number of carbonyl (C=O) groups excluding carboxylic acids is 1. The fourth-order valence-corrected chi connectivity index (χ4v) is 4.12. The summed E-state index contributed by atoms with van der Waals surface area (Å²) >= 11 is 6.07. The number of carbonyl (C=O) groups is 1. The third-order valence-corrected chi connectivity index (χ3v) is 6.21. The Kier molecular flexibility index (Phi) is 6.14. The lowest BCUT2D eigenvalue weighted by Gasteiger charge is -2.34. The molecule has 0 bridgehead atoms. The van der Waals surface area contributed by atoms with Crippen molar-refractivity contribution in [2.45, 2.75) is 26.8 Å². The number of aryl methyl sites for hydroxylation is 3. The van der Waals surface area contributed by atoms with E-state index < -0.39 is 0 Å². The lowest BCUT2D eigenvalue weighted by molar-refractivity contribution is 0.0161. The smallest absolute Gasteiger partial charge is 0.287 e. The fourth-order valence-electron chi connectivity index (χ4n) is 3.99. The van der Waals surface area contributed by atoms with Crippen LogP contribution in [-0.2, 0) is 4.74 Å². The molecule has 0 saturated carbocycles. The van der Waals surface area contributed by atoms with Crippen LogP contribution in [0.4, 0.5) is 0 Å². The van der Waals surface area contributed by atoms with Crippen LogP contribution in [0.1, 0.15) is 38.9 Å². The predicted octanol–water partition coefficient (Wildman–Crippen LogP) is 4.81. The second-order valence-electron chi connectivity index (χ2n) is 7.91. The van der Waals surface area contributed by atoms with Crippen molar-refractivity contribution in [3.63, 3.8) is 0 Å². The molecule has 1 aromatic heterocycles. The number of morpholine rings is 1. The predicted molar refractivity (Wildman–Crippen MR) is 119 cm³/mol. The first-order valence-corrected chi connectivity index (χ1v) is 10.7. The zero-order valence-electron chi connectivity index (χ0n) is 17.6. The van der Waals surface area contributed by atoms with Gasteiger partial charge in [0.05, 0.1) is 19.3 Å². The number of rotatable bonds is 5. The van der Waals surface area contributed by atoms with Gasteiger partial charge >= 0.3 is 0 Å². The highest BCUT2D eigenvalue weighted by Crippen LogP contribution is 2.28. The fraction of sp³-hybridized carbons (Fsp3) is 0.375. The van der Waals surface area contributed by atoms with Crippen LogP contribution >= 0.6 is 11.6 Å². The maximum atomic E-state index is 13.0. The number of halogens is 1. The van der Waals surface area contributed by atoms with Crippen molar-refractivity contribution in [3.8, 4) is 0 Å². The van der Waals surface area contributed by atoms with E-state index in [1.807, 2.05) is 44.2 Å². The highest BCUT2D eigenvalue weighted by molar-refractivity contribution is 6.30. The molecule has 5 nitrogen and oxygen atoms in total. The molecular weight excluding hydrogens is 400 g/mol. The van der Waals surface area contributed by atoms with Crippen molar-refractivity contribution in [2.75, 3.05) is 32.8 Å². The van der Waals surface area contributed by atoms with Gasteiger partial charge in [-0.05, 0) is 61.7 Å². The summed E-state index contributed by atoms with van der Waals surface area (Å²) in [6.07, 6.45) is 0. The van der Waals surface area contributed by atoms with Gasteiger partial charge < -0.3 is 14.5 Å². The number of fused-ring (bicyclic) bond motifs is 1. The Hall–Kier alpha value is -2.34. The highest BCUT2D eigenvalue weighted by Gasteiger charge is 2.25. The maximum absolute atomic E-state index is 13.0. The van der Waals surface area contributed by atoms with Crippen molar-refractivity contribution >= 4 is 28.5 Å². The second-order valence-corrected chi connectivity index (χ2v) is 8.35. The molecule has 1 saturated heterocycles. The van der Waals surface area contributed by atoms with E-state index >= 15 is 0 Å². The number of furan rings is 1. The zero-order chi connectivity index (χ0) is 21.3. The number of benzene rings is 2. The summed E-state index contributed by atoms with van der Waals surface area (Å²) in [7, 11) is 0. The van der Waals surface area contributed by atoms with E-state index in [1.165, 1.54) is 5.56 Å². The topological polar surface area (TPSA) is 54.7 Å². The number of nitrogens with zero attached hydrogens (tertiary/aromatic N) is 1. The summed E-state index contributed by atoms with van der Waals surface area (Å²) in [5.41, 5.74) is 5.09. The van der Waals surface area contributed by atoms with Gasteiger partial charge in [0, 0.05) is 35.6 Å². The average molecular weight is 427 g/mol. The van der Waals surface area contributed by atoms with Crippen molar-refractivity contribution < 1.29 is 13.9 Å². The van der Waals surface area contributed by atoms with E-state index in [0.717, 1.165) is 40.7 Å². The minimum atomic E-state index is -0.189. The van der Waals surface area contributed by atoms with Gasteiger partial charge in [-0.15, -0.1) is 0 Å². The molecule has 0 radical (unpaired) electrons. The first-order chi connectivity index (χ1) is 14.4. The molecule has 1 aliphatic heterocycles. The maximum Gasteiger partial charge on any atom is 0.287 e. The Balaban J connectivity index is 1.55. The Bertz CT molecular complexity index is 1050. The van der Waals surface area contributed by atoms with Crippen molar-refractivity contribution in [1.29, 1.82) is 0 Å². The minimum Gasteiger partial charge on any atom is -0.451 e. The van der Waals surface area contributed by atoms with Crippen LogP contribution in [0.5, 0.6) is 0 Å². The molecule has 1 amide bonds. The lowest BCUT2D eigenvalue weighted by Crippen LogP contribution is -2.43. The van der Waals surface area contributed by atoms with Gasteiger partial charge in [0.25, 0.3) is 5.91 Å². The first-order valence-electron chi connectivity index (χ1n) is 10.3. The van der Waals surface area contributed by atoms with Crippen LogP contribution in [0.2, 0.25) is 5.02 Å². The minimum absolute atomic E-state index is 0.0456. The van der Waals surface area contributed by atoms with Crippen LogP contribution in [-0.4, -0.2) is 43.7 Å². The molecule has 158 valence electrons. The molecule has 0 aliphatic carbocycles. The monoisotopic (exact) mass is 426 g/mol. The standard InChI is InChI=1S/C24H27ClN2O3/c1-15-12-20-17(3)23(30-22(20)13-16(15)2)24(28)26-14-21(27-8-10-29-11-9-27)18-4-6-19(25)7-5-18/h4-7,12-13,21H,8-11,14H2,1-3H3,(H,26,28)/t21-/m1/s1. The number of hydrogen-bond donors (Lipinski definition) is 1. The Labute approximate surface area is 181 Å². The van der Waals surface area contributed by atoms with Gasteiger partial charge in [0.2, 0.25) is 0 Å². The summed E-state index contributed by atoms with van der Waals surface area (Å²) < 4.78 is 11.4. The molecule has 4 rings (SSSR count). The largest absolute Gasteiger partial charge is 0.451 e. The van der Waals surface area contributed by atoms with Crippen molar-refractivity contribution in [3.05, 3.63) is 69.4 Å². The molecule has 6 heteroatoms. The van der Waals surface area contributed by atoms with E-state index in [4.69, 9.17) is 20.8 Å². The molecule has 1 atom stereocenters. The van der Waals surface area contributed by atoms with E-state index in [2.05, 4.69) is 23.2 Å². The number of hydrogen-bond acceptors (Lipinski definition) is 4. The molecule has 30 heavy (non-hydrogen) atoms. The Morgan fingerprint density at radius 2 is 1.77 bits per heavy atom. The molecule has 0 unspecified atom stereocenters. The summed E-state index contributed by atoms with van der Waals surface area (Å²) in [6, 6.07) is 12.0. The van der Waals surface area contributed by atoms with E-state index in [9.17, 15) is 4.79 Å². The van der Waals surface area contributed by atoms with Crippen LogP contribution in [0.25, 0.3) is 11.0 Å². The number of ether oxygens (including phenoxy) is 1. The number of amides is 1. The van der Waals surface area contributed by atoms with Gasteiger partial charge in [-0.2, -0.15) is 0 Å². The zero-order valence-corrected chi connectivity index (χ0v) is 18.4. The SMILES string of the molecule is Cc1cc2oc(C(=O)NC[C@H](c3ccc(Cl)cc3)N3CCOCC3)c(C)c2cc1C. The average Bonchev–Trinajstić information content (AvgIpc) is 3.06. The molecule has 0 spiro atoms. The Morgan fingerprint density at radius 3 is 2.47 bits per heavy atom. The first kappa shape index (κ1) is 20.9. The van der Waals surface area contributed by atoms with Crippen LogP contribution in [0.3, 0.4) is 0 Å². The van der Waals surface area contributed by atoms with E-state index in [-0.39, 0.29) is 11.9 Å². The van der Waals surface area contributed by atoms with E-state index in [1.54, 1.807) is 0 Å². The van der Waals surface area contributed by atoms with Crippen LogP contribution in [0, 0.1) is 20.8 Å². The molecule has 1 N–H and O–H groups in total. The summed E-state index contributed by atoms with van der Waals surface area (Å²) in [4.78, 5) is 15.3. The third kappa shape index (κ3) is 4.24. The molecule has 2 heterocycles. The van der Waals surface area contributed by atoms with Gasteiger partial charge in [0.1, 0.15) is 5.58 Å². The van der Waals surface area contributed by atoms with Gasteiger partial charge in [-0.25, -0.2) is 0 Å². The lowest BCUT2D eigenvalue weighted by atomic mass is 10.0. The molecule has 2 aromatic carbocycles. The van der Waals surface area contributed by atoms with Crippen LogP contribution < -0.4 is 5.32 Å². The van der Waals surface area contributed by atoms with Crippen molar-refractivity contribution in [2.24, 2.45) is 0 Å². The second kappa shape index (κ2) is 8.80. The molecule has 3 aromatic rings. The highest BCUT2D eigenvalue weighted by atomic mass is 35.5. The molecule has 1 aliphatic rings. The third-order valence-electron chi connectivity index (χ3n) is 5.96. The quantitative estimate of drug-likeness (QED) is 0.635. The van der Waals surface area contributed by atoms with Crippen LogP contribution in [0.15, 0.2) is 40.8 Å². The van der Waals surface area contributed by atoms with Gasteiger partial charge in [0.15, 0.2) is 5.76 Å². The summed E-state index contributed by atoms with van der Waals surface area (Å²) in [5, 5.41) is 4.78. The Morgan fingerprint density at radius 1 is 1.10 bits per heavy atom. The summed E-state index contributed by atoms with van der Waals surface area (Å²) in [5.74, 6) is 0.193. The van der Waals surface area contributed by atoms with Gasteiger partial charge in [-0.1, -0.05) is 23.7 Å². The normalized spacial score (nSPS) is 16.0.